The molecule has 0 aromatic carbocycles. The summed E-state index contributed by atoms with van der Waals surface area (Å²) >= 11 is 1.87. The molecule has 1 saturated heterocycles. The van der Waals surface area contributed by atoms with Gasteiger partial charge in [0.2, 0.25) is 0 Å². The topological polar surface area (TPSA) is 44.5 Å². The van der Waals surface area contributed by atoms with Crippen LogP contribution in [0.2, 0.25) is 0 Å². The number of methoxy groups -OCH3 is 1. The largest absolute Gasteiger partial charge is 0.384 e. The molecule has 2 N–H and O–H groups in total. The number of hydrogen-bond acceptors (Lipinski definition) is 4. The van der Waals surface area contributed by atoms with E-state index in [2.05, 4.69) is 0 Å². The van der Waals surface area contributed by atoms with Gasteiger partial charge in [0.15, 0.2) is 0 Å². The summed E-state index contributed by atoms with van der Waals surface area (Å²) in [6.45, 7) is 2.56. The second kappa shape index (κ2) is 6.65. The van der Waals surface area contributed by atoms with Crippen molar-refractivity contribution < 1.29 is 9.47 Å². The van der Waals surface area contributed by atoms with Crippen LogP contribution < -0.4 is 5.73 Å². The number of ether oxygens (including phenoxy) is 2. The first kappa shape index (κ1) is 11.3. The third kappa shape index (κ3) is 4.31. The van der Waals surface area contributed by atoms with E-state index in [4.69, 9.17) is 15.2 Å². The summed E-state index contributed by atoms with van der Waals surface area (Å²) in [6, 6.07) is 0.296. The zero-order valence-corrected chi connectivity index (χ0v) is 9.02. The summed E-state index contributed by atoms with van der Waals surface area (Å²) in [4.78, 5) is 0. The first-order chi connectivity index (χ1) is 6.34. The normalized spacial score (nSPS) is 24.9. The van der Waals surface area contributed by atoms with Crippen LogP contribution in [0.1, 0.15) is 6.42 Å². The number of rotatable bonds is 6. The fraction of sp³-hybridized carbons (Fsp3) is 1.00. The summed E-state index contributed by atoms with van der Waals surface area (Å²) in [6.07, 6.45) is 1.13. The molecule has 0 spiro atoms. The highest BCUT2D eigenvalue weighted by Crippen LogP contribution is 2.18. The Bertz CT molecular complexity index is 129. The van der Waals surface area contributed by atoms with Gasteiger partial charge in [0.05, 0.1) is 13.2 Å². The van der Waals surface area contributed by atoms with E-state index in [1.807, 2.05) is 11.8 Å². The number of thioether (sulfide) groups is 1. The Morgan fingerprint density at radius 3 is 3.15 bits per heavy atom. The Hall–Kier alpha value is 0.230. The van der Waals surface area contributed by atoms with E-state index in [0.717, 1.165) is 37.7 Å². The highest BCUT2D eigenvalue weighted by atomic mass is 32.2. The van der Waals surface area contributed by atoms with Crippen LogP contribution in [0.5, 0.6) is 0 Å². The van der Waals surface area contributed by atoms with Crippen LogP contribution in [0.25, 0.3) is 0 Å². The van der Waals surface area contributed by atoms with E-state index in [1.165, 1.54) is 0 Å². The van der Waals surface area contributed by atoms with E-state index in [-0.39, 0.29) is 0 Å². The van der Waals surface area contributed by atoms with E-state index < -0.39 is 0 Å². The lowest BCUT2D eigenvalue weighted by molar-refractivity contribution is 0.182. The predicted molar refractivity (Wildman–Crippen MR) is 56.1 cm³/mol. The van der Waals surface area contributed by atoms with Crippen LogP contribution in [-0.2, 0) is 9.47 Å². The van der Waals surface area contributed by atoms with Crippen LogP contribution in [0.15, 0.2) is 0 Å². The van der Waals surface area contributed by atoms with Crippen molar-refractivity contribution >= 4 is 11.8 Å². The van der Waals surface area contributed by atoms with Crippen molar-refractivity contribution in [1.82, 2.24) is 0 Å². The van der Waals surface area contributed by atoms with Gasteiger partial charge in [-0.2, -0.15) is 11.8 Å². The molecule has 4 heteroatoms. The van der Waals surface area contributed by atoms with E-state index in [9.17, 15) is 0 Å². The number of hydrogen-bond donors (Lipinski definition) is 1. The Morgan fingerprint density at radius 1 is 1.69 bits per heavy atom. The zero-order valence-electron chi connectivity index (χ0n) is 8.20. The van der Waals surface area contributed by atoms with Crippen molar-refractivity contribution in [2.24, 2.45) is 11.7 Å². The second-order valence-corrected chi connectivity index (χ2v) is 4.51. The summed E-state index contributed by atoms with van der Waals surface area (Å²) in [5.74, 6) is 2.64. The van der Waals surface area contributed by atoms with Gasteiger partial charge in [-0.3, -0.25) is 0 Å². The second-order valence-electron chi connectivity index (χ2n) is 3.36. The van der Waals surface area contributed by atoms with Crippen LogP contribution in [0.4, 0.5) is 0 Å². The summed E-state index contributed by atoms with van der Waals surface area (Å²) in [5, 5.41) is 0. The molecule has 1 aliphatic heterocycles. The molecule has 0 saturated carbocycles. The minimum Gasteiger partial charge on any atom is -0.384 e. The van der Waals surface area contributed by atoms with Crippen molar-refractivity contribution in [3.8, 4) is 0 Å². The van der Waals surface area contributed by atoms with Crippen LogP contribution in [0, 0.1) is 5.92 Å². The number of nitrogens with two attached hydrogens (primary N) is 1. The summed E-state index contributed by atoms with van der Waals surface area (Å²) in [7, 11) is 1.73. The molecule has 3 nitrogen and oxygen atoms in total. The lowest BCUT2D eigenvalue weighted by Crippen LogP contribution is -2.33. The molecular formula is C9H19NO2S. The van der Waals surface area contributed by atoms with Crippen LogP contribution in [0.3, 0.4) is 0 Å². The van der Waals surface area contributed by atoms with E-state index in [0.29, 0.717) is 12.0 Å². The molecule has 2 unspecified atom stereocenters. The lowest BCUT2D eigenvalue weighted by atomic mass is 10.0. The molecule has 1 fully saturated rings. The molecule has 1 rings (SSSR count). The molecule has 0 bridgehead atoms. The van der Waals surface area contributed by atoms with Gasteiger partial charge in [0, 0.05) is 37.2 Å². The maximum absolute atomic E-state index is 6.02. The van der Waals surface area contributed by atoms with Gasteiger partial charge in [-0.1, -0.05) is 0 Å². The zero-order chi connectivity index (χ0) is 9.52. The molecule has 78 valence electrons. The average Bonchev–Trinajstić information content (AvgIpc) is 2.65. The van der Waals surface area contributed by atoms with Crippen molar-refractivity contribution in [3.05, 3.63) is 0 Å². The Kier molecular flexibility index (Phi) is 5.78. The van der Waals surface area contributed by atoms with Gasteiger partial charge in [0.1, 0.15) is 0 Å². The quantitative estimate of drug-likeness (QED) is 0.649. The third-order valence-corrected chi connectivity index (χ3v) is 3.39. The molecule has 0 aromatic heterocycles. The Morgan fingerprint density at radius 2 is 2.54 bits per heavy atom. The molecule has 1 aliphatic rings. The Labute approximate surface area is 84.3 Å². The lowest BCUT2D eigenvalue weighted by Gasteiger charge is -2.16. The maximum atomic E-state index is 6.02. The first-order valence-corrected chi connectivity index (χ1v) is 5.90. The fourth-order valence-corrected chi connectivity index (χ4v) is 2.38. The van der Waals surface area contributed by atoms with Gasteiger partial charge in [-0.25, -0.2) is 0 Å². The highest BCUT2D eigenvalue weighted by Gasteiger charge is 2.22. The fourth-order valence-electron chi connectivity index (χ4n) is 1.39. The van der Waals surface area contributed by atoms with Gasteiger partial charge in [-0.05, 0) is 6.42 Å². The van der Waals surface area contributed by atoms with Gasteiger partial charge in [-0.15, -0.1) is 0 Å². The van der Waals surface area contributed by atoms with Gasteiger partial charge >= 0.3 is 0 Å². The molecular weight excluding hydrogens is 186 g/mol. The molecule has 0 aromatic rings. The SMILES string of the molecule is COCCSCC(N)C1CCOC1. The highest BCUT2D eigenvalue weighted by molar-refractivity contribution is 7.99. The molecule has 0 aliphatic carbocycles. The van der Waals surface area contributed by atoms with Crippen molar-refractivity contribution in [2.75, 3.05) is 38.4 Å². The van der Waals surface area contributed by atoms with Gasteiger partial charge in [0.25, 0.3) is 0 Å². The summed E-state index contributed by atoms with van der Waals surface area (Å²) < 4.78 is 10.3. The minimum absolute atomic E-state index is 0.296. The molecule has 13 heavy (non-hydrogen) atoms. The molecule has 2 atom stereocenters. The smallest absolute Gasteiger partial charge is 0.0552 e. The van der Waals surface area contributed by atoms with Crippen LogP contribution >= 0.6 is 11.8 Å². The summed E-state index contributed by atoms with van der Waals surface area (Å²) in [5.41, 5.74) is 6.02. The van der Waals surface area contributed by atoms with Crippen LogP contribution in [-0.4, -0.2) is 44.5 Å². The molecule has 0 radical (unpaired) electrons. The maximum Gasteiger partial charge on any atom is 0.0552 e. The Balaban J connectivity index is 1.99. The predicted octanol–water partition coefficient (Wildman–Crippen LogP) is 0.730. The van der Waals surface area contributed by atoms with Crippen molar-refractivity contribution in [2.45, 2.75) is 12.5 Å². The third-order valence-electron chi connectivity index (χ3n) is 2.31. The minimum atomic E-state index is 0.296. The molecule has 0 amide bonds. The van der Waals surface area contributed by atoms with E-state index in [1.54, 1.807) is 7.11 Å². The first-order valence-electron chi connectivity index (χ1n) is 4.74. The van der Waals surface area contributed by atoms with Crippen molar-refractivity contribution in [1.29, 1.82) is 0 Å². The van der Waals surface area contributed by atoms with Crippen molar-refractivity contribution in [3.63, 3.8) is 0 Å². The average molecular weight is 205 g/mol. The molecule has 1 heterocycles. The van der Waals surface area contributed by atoms with E-state index >= 15 is 0 Å². The monoisotopic (exact) mass is 205 g/mol. The standard InChI is InChI=1S/C9H19NO2S/c1-11-4-5-13-7-9(10)8-2-3-12-6-8/h8-9H,2-7,10H2,1H3. The van der Waals surface area contributed by atoms with Gasteiger partial charge < -0.3 is 15.2 Å².